The first-order valence-electron chi connectivity index (χ1n) is 5.51. The Hall–Kier alpha value is -1.20. The van der Waals surface area contributed by atoms with Crippen molar-refractivity contribution in [2.24, 2.45) is 0 Å². The van der Waals surface area contributed by atoms with Crippen LogP contribution in [-0.4, -0.2) is 37.9 Å². The minimum absolute atomic E-state index is 0.0722. The summed E-state index contributed by atoms with van der Waals surface area (Å²) in [6.45, 7) is 4.33. The van der Waals surface area contributed by atoms with E-state index in [0.717, 1.165) is 0 Å². The lowest BCUT2D eigenvalue weighted by Crippen LogP contribution is -2.24. The highest BCUT2D eigenvalue weighted by molar-refractivity contribution is 5.95. The van der Waals surface area contributed by atoms with Gasteiger partial charge in [0, 0.05) is 18.4 Å². The van der Waals surface area contributed by atoms with E-state index in [1.807, 2.05) is 0 Å². The molecule has 1 rings (SSSR count). The van der Waals surface area contributed by atoms with Crippen LogP contribution in [-0.2, 0) is 23.8 Å². The quantitative estimate of drug-likeness (QED) is 0.536. The van der Waals surface area contributed by atoms with Gasteiger partial charge in [0.05, 0.1) is 20.3 Å². The van der Waals surface area contributed by atoms with Gasteiger partial charge in [-0.25, -0.2) is 4.79 Å². The van der Waals surface area contributed by atoms with E-state index in [1.165, 1.54) is 14.0 Å². The average Bonchev–Trinajstić information content (AvgIpc) is 2.70. The van der Waals surface area contributed by atoms with Gasteiger partial charge in [0.25, 0.3) is 0 Å². The average molecular weight is 242 g/mol. The molecule has 0 aromatic heterocycles. The summed E-state index contributed by atoms with van der Waals surface area (Å²) in [7, 11) is 1.29. The molecule has 0 aromatic carbocycles. The van der Waals surface area contributed by atoms with Crippen LogP contribution in [0, 0.1) is 0 Å². The first kappa shape index (κ1) is 13.9. The van der Waals surface area contributed by atoms with Crippen molar-refractivity contribution in [1.82, 2.24) is 0 Å². The van der Waals surface area contributed by atoms with Crippen LogP contribution in [0.1, 0.15) is 26.7 Å². The molecule has 1 aliphatic heterocycles. The van der Waals surface area contributed by atoms with Crippen LogP contribution in [0.25, 0.3) is 0 Å². The highest BCUT2D eigenvalue weighted by atomic mass is 16.7. The number of Topliss-reactive ketones (excluding diaryl/α,β-unsaturated/α-hetero) is 1. The summed E-state index contributed by atoms with van der Waals surface area (Å²) >= 11 is 0. The van der Waals surface area contributed by atoms with Crippen molar-refractivity contribution in [3.05, 3.63) is 11.6 Å². The molecule has 0 atom stereocenters. The van der Waals surface area contributed by atoms with E-state index >= 15 is 0 Å². The van der Waals surface area contributed by atoms with Gasteiger partial charge in [0.2, 0.25) is 0 Å². The van der Waals surface area contributed by atoms with Crippen LogP contribution in [0.5, 0.6) is 0 Å². The largest absolute Gasteiger partial charge is 0.466 e. The molecule has 0 aromatic rings. The molecule has 0 amide bonds. The Bertz CT molecular complexity index is 326. The van der Waals surface area contributed by atoms with Crippen LogP contribution < -0.4 is 0 Å². The van der Waals surface area contributed by atoms with Crippen LogP contribution in [0.2, 0.25) is 0 Å². The number of methoxy groups -OCH3 is 1. The molecule has 5 nitrogen and oxygen atoms in total. The fourth-order valence-electron chi connectivity index (χ4n) is 1.61. The maximum absolute atomic E-state index is 11.4. The van der Waals surface area contributed by atoms with Crippen molar-refractivity contribution in [3.63, 3.8) is 0 Å². The van der Waals surface area contributed by atoms with Crippen LogP contribution >= 0.6 is 0 Å². The summed E-state index contributed by atoms with van der Waals surface area (Å²) < 4.78 is 15.4. The Morgan fingerprint density at radius 1 is 1.35 bits per heavy atom. The monoisotopic (exact) mass is 242 g/mol. The number of hydrogen-bond acceptors (Lipinski definition) is 5. The Kier molecular flexibility index (Phi) is 4.84. The first-order chi connectivity index (χ1) is 7.97. The van der Waals surface area contributed by atoms with E-state index in [-0.39, 0.29) is 12.2 Å². The predicted octanol–water partition coefficient (Wildman–Crippen LogP) is 1.22. The fourth-order valence-corrected chi connectivity index (χ4v) is 1.61. The molecule has 17 heavy (non-hydrogen) atoms. The van der Waals surface area contributed by atoms with Gasteiger partial charge in [-0.05, 0) is 13.8 Å². The van der Waals surface area contributed by atoms with Gasteiger partial charge in [-0.1, -0.05) is 6.08 Å². The van der Waals surface area contributed by atoms with Crippen molar-refractivity contribution >= 4 is 11.8 Å². The second kappa shape index (κ2) is 5.93. The minimum atomic E-state index is -0.698. The third-order valence-electron chi connectivity index (χ3n) is 2.50. The second-order valence-electron chi connectivity index (χ2n) is 4.13. The molecule has 5 heteroatoms. The lowest BCUT2D eigenvalue weighted by molar-refractivity contribution is -0.140. The molecule has 0 aliphatic carbocycles. The van der Waals surface area contributed by atoms with Crippen molar-refractivity contribution < 1.29 is 23.8 Å². The van der Waals surface area contributed by atoms with Crippen LogP contribution in [0.4, 0.5) is 0 Å². The zero-order valence-electron chi connectivity index (χ0n) is 10.4. The van der Waals surface area contributed by atoms with Crippen molar-refractivity contribution in [2.45, 2.75) is 32.5 Å². The van der Waals surface area contributed by atoms with E-state index in [9.17, 15) is 9.59 Å². The van der Waals surface area contributed by atoms with Gasteiger partial charge < -0.3 is 14.2 Å². The number of carbonyl (C=O) groups is 2. The van der Waals surface area contributed by atoms with Crippen molar-refractivity contribution in [2.75, 3.05) is 20.3 Å². The van der Waals surface area contributed by atoms with Crippen LogP contribution in [0.15, 0.2) is 11.6 Å². The molecule has 0 spiro atoms. The molecule has 1 aliphatic rings. The molecule has 0 unspecified atom stereocenters. The zero-order valence-corrected chi connectivity index (χ0v) is 10.4. The van der Waals surface area contributed by atoms with Gasteiger partial charge in [0.1, 0.15) is 5.78 Å². The summed E-state index contributed by atoms with van der Waals surface area (Å²) in [5.41, 5.74) is 0.348. The molecule has 0 N–H and O–H groups in total. The third kappa shape index (κ3) is 4.28. The van der Waals surface area contributed by atoms with Gasteiger partial charge in [-0.2, -0.15) is 0 Å². The highest BCUT2D eigenvalue weighted by Gasteiger charge is 2.30. The van der Waals surface area contributed by atoms with E-state index in [0.29, 0.717) is 25.2 Å². The molecule has 1 saturated heterocycles. The number of hydrogen-bond donors (Lipinski definition) is 0. The number of ether oxygens (including phenoxy) is 3. The second-order valence-corrected chi connectivity index (χ2v) is 4.13. The highest BCUT2D eigenvalue weighted by Crippen LogP contribution is 2.24. The standard InChI is InChI=1S/C12H18O5/c1-9(13)8-10(11(14)15-3)4-5-12(2)16-6-7-17-12/h4H,5-8H2,1-3H3/b10-4+. The molecule has 0 radical (unpaired) electrons. The lowest BCUT2D eigenvalue weighted by atomic mass is 10.1. The molecular formula is C12H18O5. The van der Waals surface area contributed by atoms with E-state index < -0.39 is 11.8 Å². The minimum Gasteiger partial charge on any atom is -0.466 e. The van der Waals surface area contributed by atoms with Crippen LogP contribution in [0.3, 0.4) is 0 Å². The van der Waals surface area contributed by atoms with Crippen molar-refractivity contribution in [1.29, 1.82) is 0 Å². The lowest BCUT2D eigenvalue weighted by Gasteiger charge is -2.20. The zero-order chi connectivity index (χ0) is 12.9. The predicted molar refractivity (Wildman–Crippen MR) is 60.3 cm³/mol. The van der Waals surface area contributed by atoms with E-state index in [2.05, 4.69) is 4.74 Å². The number of rotatable bonds is 5. The molecular weight excluding hydrogens is 224 g/mol. The van der Waals surface area contributed by atoms with Gasteiger partial charge in [-0.15, -0.1) is 0 Å². The molecule has 1 heterocycles. The third-order valence-corrected chi connectivity index (χ3v) is 2.50. The molecule has 0 bridgehead atoms. The molecule has 1 fully saturated rings. The number of ketones is 1. The molecule has 0 saturated carbocycles. The Morgan fingerprint density at radius 3 is 2.41 bits per heavy atom. The van der Waals surface area contributed by atoms with Crippen molar-refractivity contribution in [3.8, 4) is 0 Å². The van der Waals surface area contributed by atoms with Gasteiger partial charge >= 0.3 is 5.97 Å². The normalized spacial score (nSPS) is 19.1. The summed E-state index contributed by atoms with van der Waals surface area (Å²) in [5.74, 6) is -1.27. The Morgan fingerprint density at radius 2 is 1.94 bits per heavy atom. The van der Waals surface area contributed by atoms with Gasteiger partial charge in [0.15, 0.2) is 5.79 Å². The summed E-state index contributed by atoms with van der Waals surface area (Å²) in [6.07, 6.45) is 2.14. The maximum Gasteiger partial charge on any atom is 0.333 e. The van der Waals surface area contributed by atoms with Gasteiger partial charge in [-0.3, -0.25) is 4.79 Å². The smallest absolute Gasteiger partial charge is 0.333 e. The number of carbonyl (C=O) groups excluding carboxylic acids is 2. The van der Waals surface area contributed by atoms with E-state index in [4.69, 9.17) is 9.47 Å². The maximum atomic E-state index is 11.4. The summed E-state index contributed by atoms with van der Waals surface area (Å²) in [4.78, 5) is 22.5. The fraction of sp³-hybridized carbons (Fsp3) is 0.667. The Labute approximate surface area is 101 Å². The number of esters is 1. The van der Waals surface area contributed by atoms with E-state index in [1.54, 1.807) is 13.0 Å². The molecule has 96 valence electrons. The Balaban J connectivity index is 2.68. The summed E-state index contributed by atoms with van der Waals surface area (Å²) in [5, 5.41) is 0. The topological polar surface area (TPSA) is 61.8 Å². The SMILES string of the molecule is COC(=O)/C(=C/CC1(C)OCCO1)CC(C)=O. The summed E-state index contributed by atoms with van der Waals surface area (Å²) in [6, 6.07) is 0. The first-order valence-corrected chi connectivity index (χ1v) is 5.51.